The molecule has 0 aromatic heterocycles. The Morgan fingerprint density at radius 3 is 1.20 bits per heavy atom. The Balaban J connectivity index is 3.49. The summed E-state index contributed by atoms with van der Waals surface area (Å²) in [6.07, 6.45) is 22.6. The van der Waals surface area contributed by atoms with Crippen molar-refractivity contribution in [2.45, 2.75) is 136 Å². The van der Waals surface area contributed by atoms with Crippen LogP contribution in [0.15, 0.2) is 0 Å². The van der Waals surface area contributed by atoms with Gasteiger partial charge in [0, 0.05) is 6.61 Å². The number of hydrogen-bond donors (Lipinski definition) is 0. The molecule has 0 aliphatic rings. The maximum Gasteiger partial charge on any atom is 0.0704 e. The first kappa shape index (κ1) is 34.8. The average Bonchev–Trinajstić information content (AvgIpc) is 2.87. The third-order valence-electron chi connectivity index (χ3n) is 6.35. The van der Waals surface area contributed by atoms with Crippen LogP contribution in [0.25, 0.3) is 0 Å². The minimum Gasteiger partial charge on any atom is -0.379 e. The molecule has 5 nitrogen and oxygen atoms in total. The van der Waals surface area contributed by atoms with E-state index in [4.69, 9.17) is 23.7 Å². The Bertz CT molecular complexity index is 367. The fourth-order valence-electron chi connectivity index (χ4n) is 4.11. The van der Waals surface area contributed by atoms with E-state index in [2.05, 4.69) is 20.8 Å². The van der Waals surface area contributed by atoms with Crippen molar-refractivity contribution < 1.29 is 23.7 Å². The van der Waals surface area contributed by atoms with Crippen LogP contribution in [0.3, 0.4) is 0 Å². The van der Waals surface area contributed by atoms with Crippen LogP contribution in [0.5, 0.6) is 0 Å². The van der Waals surface area contributed by atoms with Gasteiger partial charge in [-0.15, -0.1) is 0 Å². The lowest BCUT2D eigenvalue weighted by molar-refractivity contribution is -0.0265. The second-order valence-electron chi connectivity index (χ2n) is 9.76. The monoisotopic (exact) mass is 502 g/mol. The normalized spacial score (nSPS) is 12.4. The molecule has 0 radical (unpaired) electrons. The molecule has 1 unspecified atom stereocenters. The summed E-state index contributed by atoms with van der Waals surface area (Å²) < 4.78 is 28.5. The van der Waals surface area contributed by atoms with Gasteiger partial charge >= 0.3 is 0 Å². The van der Waals surface area contributed by atoms with Crippen molar-refractivity contribution in [3.8, 4) is 0 Å². The van der Waals surface area contributed by atoms with Gasteiger partial charge in [-0.3, -0.25) is 0 Å². The first-order valence-electron chi connectivity index (χ1n) is 15.3. The largest absolute Gasteiger partial charge is 0.379 e. The maximum absolute atomic E-state index is 6.17. The number of rotatable bonds is 31. The van der Waals surface area contributed by atoms with Crippen LogP contribution in [0, 0.1) is 0 Å². The zero-order valence-corrected chi connectivity index (χ0v) is 24.0. The van der Waals surface area contributed by atoms with Crippen molar-refractivity contribution in [3.63, 3.8) is 0 Å². The van der Waals surface area contributed by atoms with E-state index in [1.165, 1.54) is 103 Å². The number of hydrogen-bond acceptors (Lipinski definition) is 5. The first-order chi connectivity index (χ1) is 17.3. The Labute approximate surface area is 219 Å². The fraction of sp³-hybridized carbons (Fsp3) is 1.00. The van der Waals surface area contributed by atoms with Crippen LogP contribution < -0.4 is 0 Å². The predicted octanol–water partition coefficient (Wildman–Crippen LogP) is 8.13. The van der Waals surface area contributed by atoms with Crippen LogP contribution in [-0.2, 0) is 23.7 Å². The quantitative estimate of drug-likeness (QED) is 0.0895. The van der Waals surface area contributed by atoms with Gasteiger partial charge in [-0.2, -0.15) is 0 Å². The third kappa shape index (κ3) is 29.9. The highest BCUT2D eigenvalue weighted by Gasteiger charge is 2.09. The van der Waals surface area contributed by atoms with Crippen molar-refractivity contribution in [1.29, 1.82) is 0 Å². The molecule has 0 N–H and O–H groups in total. The lowest BCUT2D eigenvalue weighted by atomic mass is 10.0. The molecule has 212 valence electrons. The fourth-order valence-corrected chi connectivity index (χ4v) is 4.11. The molecule has 0 saturated heterocycles. The van der Waals surface area contributed by atoms with Crippen molar-refractivity contribution in [3.05, 3.63) is 0 Å². The smallest absolute Gasteiger partial charge is 0.0704 e. The summed E-state index contributed by atoms with van der Waals surface area (Å²) in [6.45, 7) is 12.7. The molecule has 0 amide bonds. The van der Waals surface area contributed by atoms with E-state index in [0.717, 1.165) is 13.0 Å². The van der Waals surface area contributed by atoms with E-state index in [1.54, 1.807) is 0 Å². The molecule has 0 aliphatic carbocycles. The minimum atomic E-state index is 0.402. The zero-order chi connectivity index (χ0) is 25.5. The van der Waals surface area contributed by atoms with E-state index < -0.39 is 0 Å². The second-order valence-corrected chi connectivity index (χ2v) is 9.76. The van der Waals surface area contributed by atoms with E-state index in [9.17, 15) is 0 Å². The second kappa shape index (κ2) is 31.8. The van der Waals surface area contributed by atoms with Gasteiger partial charge in [-0.05, 0) is 19.3 Å². The van der Waals surface area contributed by atoms with Gasteiger partial charge in [0.15, 0.2) is 0 Å². The van der Waals surface area contributed by atoms with Gasteiger partial charge in [-0.25, -0.2) is 0 Å². The summed E-state index contributed by atoms with van der Waals surface area (Å²) in [5.41, 5.74) is 0. The maximum atomic E-state index is 6.17. The van der Waals surface area contributed by atoms with E-state index in [0.29, 0.717) is 59.0 Å². The Hall–Kier alpha value is -0.200. The van der Waals surface area contributed by atoms with Gasteiger partial charge in [0.2, 0.25) is 0 Å². The summed E-state index contributed by atoms with van der Waals surface area (Å²) in [5, 5.41) is 0. The SMILES string of the molecule is CCCCCCCCCCC(CCCCC)OCCOCCOCCOCCOCCCCCC. The molecule has 0 bridgehead atoms. The van der Waals surface area contributed by atoms with E-state index in [1.807, 2.05) is 0 Å². The number of unbranched alkanes of at least 4 members (excludes halogenated alkanes) is 12. The van der Waals surface area contributed by atoms with Gasteiger partial charge in [0.25, 0.3) is 0 Å². The van der Waals surface area contributed by atoms with Crippen LogP contribution in [-0.4, -0.2) is 65.6 Å². The highest BCUT2D eigenvalue weighted by molar-refractivity contribution is 4.60. The topological polar surface area (TPSA) is 46.2 Å². The Kier molecular flexibility index (Phi) is 31.6. The predicted molar refractivity (Wildman–Crippen MR) is 149 cm³/mol. The number of ether oxygens (including phenoxy) is 5. The molecule has 0 heterocycles. The molecular weight excluding hydrogens is 440 g/mol. The minimum absolute atomic E-state index is 0.402. The van der Waals surface area contributed by atoms with Crippen LogP contribution in [0.4, 0.5) is 0 Å². The van der Waals surface area contributed by atoms with Gasteiger partial charge in [0.1, 0.15) is 0 Å². The third-order valence-corrected chi connectivity index (χ3v) is 6.35. The van der Waals surface area contributed by atoms with Gasteiger partial charge in [-0.1, -0.05) is 111 Å². The van der Waals surface area contributed by atoms with E-state index in [-0.39, 0.29) is 0 Å². The van der Waals surface area contributed by atoms with Crippen LogP contribution >= 0.6 is 0 Å². The summed E-state index contributed by atoms with van der Waals surface area (Å²) in [6, 6.07) is 0. The highest BCUT2D eigenvalue weighted by atomic mass is 16.6. The van der Waals surface area contributed by atoms with Crippen molar-refractivity contribution in [2.75, 3.05) is 59.5 Å². The zero-order valence-electron chi connectivity index (χ0n) is 24.0. The summed E-state index contributed by atoms with van der Waals surface area (Å²) in [4.78, 5) is 0. The summed E-state index contributed by atoms with van der Waals surface area (Å²) in [5.74, 6) is 0. The van der Waals surface area contributed by atoms with Crippen molar-refractivity contribution in [1.82, 2.24) is 0 Å². The summed E-state index contributed by atoms with van der Waals surface area (Å²) >= 11 is 0. The highest BCUT2D eigenvalue weighted by Crippen LogP contribution is 2.16. The molecule has 0 aliphatic heterocycles. The lowest BCUT2D eigenvalue weighted by Crippen LogP contribution is -2.18. The van der Waals surface area contributed by atoms with E-state index >= 15 is 0 Å². The molecule has 0 spiro atoms. The Morgan fingerprint density at radius 1 is 0.343 bits per heavy atom. The average molecular weight is 503 g/mol. The van der Waals surface area contributed by atoms with Crippen LogP contribution in [0.1, 0.15) is 130 Å². The molecular formula is C30H62O5. The summed E-state index contributed by atoms with van der Waals surface area (Å²) in [7, 11) is 0. The lowest BCUT2D eigenvalue weighted by Gasteiger charge is -2.18. The van der Waals surface area contributed by atoms with Gasteiger partial charge < -0.3 is 23.7 Å². The molecule has 0 saturated carbocycles. The molecule has 1 atom stereocenters. The molecule has 0 rings (SSSR count). The standard InChI is InChI=1S/C30H62O5/c1-4-7-10-12-13-14-15-17-20-30(19-16-9-6-3)35-29-28-34-27-26-33-25-24-32-23-22-31-21-18-11-8-5-2/h30H,4-29H2,1-3H3. The van der Waals surface area contributed by atoms with Gasteiger partial charge in [0.05, 0.1) is 59.0 Å². The van der Waals surface area contributed by atoms with Crippen LogP contribution in [0.2, 0.25) is 0 Å². The molecule has 0 aromatic carbocycles. The molecule has 0 fully saturated rings. The Morgan fingerprint density at radius 2 is 0.686 bits per heavy atom. The van der Waals surface area contributed by atoms with Crippen molar-refractivity contribution >= 4 is 0 Å². The van der Waals surface area contributed by atoms with Crippen molar-refractivity contribution in [2.24, 2.45) is 0 Å². The molecule has 0 aromatic rings. The molecule has 5 heteroatoms. The molecule has 35 heavy (non-hydrogen) atoms. The first-order valence-corrected chi connectivity index (χ1v) is 15.3.